The lowest BCUT2D eigenvalue weighted by atomic mass is 10.0. The molecule has 0 heterocycles. The summed E-state index contributed by atoms with van der Waals surface area (Å²) in [5.74, 6) is 4.34. The molecule has 5 heteroatoms. The van der Waals surface area contributed by atoms with Crippen LogP contribution in [0.2, 0.25) is 0 Å². The Balaban J connectivity index is 2.52. The molecule has 3 nitrogen and oxygen atoms in total. The Kier molecular flexibility index (Phi) is 6.78. The van der Waals surface area contributed by atoms with Crippen molar-refractivity contribution in [2.45, 2.75) is 32.2 Å². The predicted molar refractivity (Wildman–Crippen MR) is 66.9 cm³/mol. The average Bonchev–Trinajstić information content (AvgIpc) is 2.36. The maximum absolute atomic E-state index is 13.5. The van der Waals surface area contributed by atoms with Gasteiger partial charge in [0.05, 0.1) is 0 Å². The average molecular weight is 258 g/mol. The number of ether oxygens (including phenoxy) is 1. The van der Waals surface area contributed by atoms with Crippen molar-refractivity contribution in [2.24, 2.45) is 5.84 Å². The highest BCUT2D eigenvalue weighted by Gasteiger charge is 2.14. The van der Waals surface area contributed by atoms with Gasteiger partial charge in [-0.3, -0.25) is 11.3 Å². The Morgan fingerprint density at radius 2 is 2.00 bits per heavy atom. The number of rotatable bonds is 8. The first-order valence-corrected chi connectivity index (χ1v) is 6.15. The summed E-state index contributed by atoms with van der Waals surface area (Å²) in [7, 11) is 0. The zero-order valence-electron chi connectivity index (χ0n) is 10.6. The molecule has 1 atom stereocenters. The summed E-state index contributed by atoms with van der Waals surface area (Å²) in [5.41, 5.74) is 2.67. The molecular formula is C13H20F2N2O. The smallest absolute Gasteiger partial charge is 0.129 e. The monoisotopic (exact) mass is 258 g/mol. The van der Waals surface area contributed by atoms with Crippen molar-refractivity contribution in [1.29, 1.82) is 0 Å². The normalized spacial score (nSPS) is 12.7. The Labute approximate surface area is 106 Å². The fourth-order valence-corrected chi connectivity index (χ4v) is 1.79. The molecule has 0 saturated carbocycles. The van der Waals surface area contributed by atoms with E-state index in [0.717, 1.165) is 6.42 Å². The third-order valence-corrected chi connectivity index (χ3v) is 2.79. The number of halogens is 2. The fourth-order valence-electron chi connectivity index (χ4n) is 1.79. The molecule has 1 aromatic carbocycles. The molecule has 0 aliphatic heterocycles. The number of nitrogens with two attached hydrogens (primary N) is 1. The molecule has 1 aromatic rings. The third-order valence-electron chi connectivity index (χ3n) is 2.79. The first-order valence-electron chi connectivity index (χ1n) is 6.15. The van der Waals surface area contributed by atoms with E-state index in [1.54, 1.807) is 0 Å². The van der Waals surface area contributed by atoms with Crippen molar-refractivity contribution in [3.05, 3.63) is 35.4 Å². The summed E-state index contributed by atoms with van der Waals surface area (Å²) >= 11 is 0. The van der Waals surface area contributed by atoms with E-state index < -0.39 is 11.6 Å². The summed E-state index contributed by atoms with van der Waals surface area (Å²) in [5, 5.41) is 0. The van der Waals surface area contributed by atoms with Crippen LogP contribution in [-0.4, -0.2) is 19.3 Å². The number of benzene rings is 1. The maximum Gasteiger partial charge on any atom is 0.129 e. The fraction of sp³-hybridized carbons (Fsp3) is 0.538. The Morgan fingerprint density at radius 3 is 2.56 bits per heavy atom. The van der Waals surface area contributed by atoms with E-state index in [1.807, 2.05) is 6.92 Å². The third kappa shape index (κ3) is 4.68. The van der Waals surface area contributed by atoms with E-state index >= 15 is 0 Å². The molecule has 18 heavy (non-hydrogen) atoms. The van der Waals surface area contributed by atoms with Crippen molar-refractivity contribution >= 4 is 0 Å². The Hall–Kier alpha value is -1.04. The lowest BCUT2D eigenvalue weighted by Gasteiger charge is -2.16. The molecule has 0 saturated heterocycles. The second-order valence-electron chi connectivity index (χ2n) is 4.11. The summed E-state index contributed by atoms with van der Waals surface area (Å²) in [4.78, 5) is 0. The number of nitrogens with one attached hydrogen (secondary N) is 1. The van der Waals surface area contributed by atoms with Gasteiger partial charge in [-0.25, -0.2) is 8.78 Å². The van der Waals surface area contributed by atoms with E-state index in [4.69, 9.17) is 10.6 Å². The van der Waals surface area contributed by atoms with Crippen LogP contribution in [0.25, 0.3) is 0 Å². The minimum absolute atomic E-state index is 0.0804. The molecule has 1 unspecified atom stereocenters. The van der Waals surface area contributed by atoms with Crippen LogP contribution >= 0.6 is 0 Å². The van der Waals surface area contributed by atoms with Crippen LogP contribution in [0.1, 0.15) is 25.3 Å². The molecule has 102 valence electrons. The largest absolute Gasteiger partial charge is 0.382 e. The zero-order chi connectivity index (χ0) is 13.4. The molecule has 0 bridgehead atoms. The summed E-state index contributed by atoms with van der Waals surface area (Å²) in [6, 6.07) is 3.71. The Bertz CT molecular complexity index is 341. The van der Waals surface area contributed by atoms with Crippen LogP contribution < -0.4 is 11.3 Å². The number of hydrazine groups is 1. The van der Waals surface area contributed by atoms with E-state index in [-0.39, 0.29) is 18.0 Å². The number of hydrogen-bond donors (Lipinski definition) is 2. The molecule has 0 fully saturated rings. The lowest BCUT2D eigenvalue weighted by molar-refractivity contribution is 0.140. The predicted octanol–water partition coefficient (Wildman–Crippen LogP) is 2.16. The van der Waals surface area contributed by atoms with Gasteiger partial charge in [-0.1, -0.05) is 6.07 Å². The zero-order valence-corrected chi connectivity index (χ0v) is 10.6. The molecule has 0 aliphatic carbocycles. The van der Waals surface area contributed by atoms with Crippen LogP contribution in [0.5, 0.6) is 0 Å². The first-order chi connectivity index (χ1) is 8.69. The standard InChI is InChI=1S/C13H20F2N2O/c1-2-18-8-4-5-10(17-16)9-11-12(14)6-3-7-13(11)15/h3,6-7,10,17H,2,4-5,8-9,16H2,1H3. The van der Waals surface area contributed by atoms with Gasteiger partial charge in [-0.15, -0.1) is 0 Å². The molecule has 0 aliphatic rings. The van der Waals surface area contributed by atoms with Gasteiger partial charge in [0.25, 0.3) is 0 Å². The van der Waals surface area contributed by atoms with Gasteiger partial charge >= 0.3 is 0 Å². The van der Waals surface area contributed by atoms with E-state index in [0.29, 0.717) is 19.6 Å². The maximum atomic E-state index is 13.5. The first kappa shape index (κ1) is 15.0. The van der Waals surface area contributed by atoms with Gasteiger partial charge < -0.3 is 4.74 Å². The van der Waals surface area contributed by atoms with Gasteiger partial charge in [-0.05, 0) is 38.3 Å². The van der Waals surface area contributed by atoms with Crippen molar-refractivity contribution < 1.29 is 13.5 Å². The van der Waals surface area contributed by atoms with E-state index in [1.165, 1.54) is 18.2 Å². The molecular weight excluding hydrogens is 238 g/mol. The van der Waals surface area contributed by atoms with Crippen LogP contribution in [0.4, 0.5) is 8.78 Å². The Morgan fingerprint density at radius 1 is 1.33 bits per heavy atom. The SMILES string of the molecule is CCOCCCC(Cc1c(F)cccc1F)NN. The van der Waals surface area contributed by atoms with E-state index in [2.05, 4.69) is 5.43 Å². The molecule has 0 amide bonds. The molecule has 1 rings (SSSR count). The highest BCUT2D eigenvalue weighted by molar-refractivity contribution is 5.20. The van der Waals surface area contributed by atoms with Crippen molar-refractivity contribution in [1.82, 2.24) is 5.43 Å². The van der Waals surface area contributed by atoms with E-state index in [9.17, 15) is 8.78 Å². The van der Waals surface area contributed by atoms with Gasteiger partial charge in [0.2, 0.25) is 0 Å². The van der Waals surface area contributed by atoms with Crippen molar-refractivity contribution in [2.75, 3.05) is 13.2 Å². The van der Waals surface area contributed by atoms with Gasteiger partial charge in [0.15, 0.2) is 0 Å². The minimum Gasteiger partial charge on any atom is -0.382 e. The van der Waals surface area contributed by atoms with Crippen molar-refractivity contribution in [3.63, 3.8) is 0 Å². The molecule has 0 spiro atoms. The highest BCUT2D eigenvalue weighted by atomic mass is 19.1. The summed E-state index contributed by atoms with van der Waals surface area (Å²) in [6.45, 7) is 3.23. The molecule has 0 aromatic heterocycles. The second kappa shape index (κ2) is 8.13. The second-order valence-corrected chi connectivity index (χ2v) is 4.11. The van der Waals surface area contributed by atoms with Crippen LogP contribution in [0.3, 0.4) is 0 Å². The highest BCUT2D eigenvalue weighted by Crippen LogP contribution is 2.15. The quantitative estimate of drug-likeness (QED) is 0.427. The van der Waals surface area contributed by atoms with Gasteiger partial charge in [-0.2, -0.15) is 0 Å². The van der Waals surface area contributed by atoms with Gasteiger partial charge in [0.1, 0.15) is 11.6 Å². The molecule has 0 radical (unpaired) electrons. The minimum atomic E-state index is -0.528. The summed E-state index contributed by atoms with van der Waals surface area (Å²) in [6.07, 6.45) is 1.75. The summed E-state index contributed by atoms with van der Waals surface area (Å²) < 4.78 is 32.1. The number of hydrogen-bond acceptors (Lipinski definition) is 3. The topological polar surface area (TPSA) is 47.3 Å². The molecule has 3 N–H and O–H groups in total. The lowest BCUT2D eigenvalue weighted by Crippen LogP contribution is -2.37. The van der Waals surface area contributed by atoms with Crippen LogP contribution in [-0.2, 0) is 11.2 Å². The van der Waals surface area contributed by atoms with Gasteiger partial charge in [0, 0.05) is 24.8 Å². The van der Waals surface area contributed by atoms with Crippen LogP contribution in [0, 0.1) is 11.6 Å². The van der Waals surface area contributed by atoms with Crippen molar-refractivity contribution in [3.8, 4) is 0 Å². The van der Waals surface area contributed by atoms with Crippen LogP contribution in [0.15, 0.2) is 18.2 Å².